The molecule has 1 aliphatic carbocycles. The van der Waals surface area contributed by atoms with Gasteiger partial charge in [0.25, 0.3) is 0 Å². The fraction of sp³-hybridized carbons (Fsp3) is 0.889. The first-order valence-electron chi connectivity index (χ1n) is 4.55. The Morgan fingerprint density at radius 2 is 2.17 bits per heavy atom. The molecule has 1 unspecified atom stereocenters. The van der Waals surface area contributed by atoms with Gasteiger partial charge in [0.1, 0.15) is 0 Å². The first-order valence-corrected chi connectivity index (χ1v) is 4.55. The molecule has 1 atom stereocenters. The Bertz CT molecular complexity index is 150. The van der Waals surface area contributed by atoms with Crippen LogP contribution < -0.4 is 0 Å². The molecule has 0 aliphatic heterocycles. The smallest absolute Gasteiger partial charge is 0.305 e. The van der Waals surface area contributed by atoms with Crippen molar-refractivity contribution in [1.82, 2.24) is 0 Å². The highest BCUT2D eigenvalue weighted by Gasteiger charge is 2.19. The summed E-state index contributed by atoms with van der Waals surface area (Å²) >= 11 is 0. The van der Waals surface area contributed by atoms with E-state index in [1.807, 2.05) is 6.92 Å². The second-order valence-corrected chi connectivity index (χ2v) is 3.45. The van der Waals surface area contributed by atoms with Crippen molar-refractivity contribution >= 4 is 5.97 Å². The van der Waals surface area contributed by atoms with Gasteiger partial charge in [0, 0.05) is 0 Å². The van der Waals surface area contributed by atoms with Gasteiger partial charge in [-0.25, -0.2) is 0 Å². The zero-order valence-electron chi connectivity index (χ0n) is 7.45. The molecule has 12 heavy (non-hydrogen) atoms. The maximum absolute atomic E-state index is 10.3. The molecule has 1 rings (SSSR count). The molecular weight excluding hydrogens is 156 g/mol. The van der Waals surface area contributed by atoms with E-state index in [0.717, 1.165) is 12.8 Å². The SMILES string of the molecule is CC(CC(=O)O)OC1CCCC1. The van der Waals surface area contributed by atoms with Crippen molar-refractivity contribution in [1.29, 1.82) is 0 Å². The molecule has 3 nitrogen and oxygen atoms in total. The predicted molar refractivity (Wildman–Crippen MR) is 45.1 cm³/mol. The number of ether oxygens (including phenoxy) is 1. The van der Waals surface area contributed by atoms with E-state index in [9.17, 15) is 4.79 Å². The van der Waals surface area contributed by atoms with Gasteiger partial charge in [-0.3, -0.25) is 4.79 Å². The molecule has 0 bridgehead atoms. The Labute approximate surface area is 72.7 Å². The van der Waals surface area contributed by atoms with E-state index in [1.165, 1.54) is 12.8 Å². The molecule has 0 heterocycles. The number of aliphatic carboxylic acids is 1. The molecule has 0 saturated heterocycles. The zero-order chi connectivity index (χ0) is 8.97. The molecule has 3 heteroatoms. The largest absolute Gasteiger partial charge is 0.481 e. The third-order valence-corrected chi connectivity index (χ3v) is 2.19. The van der Waals surface area contributed by atoms with Crippen LogP contribution in [-0.2, 0) is 9.53 Å². The van der Waals surface area contributed by atoms with Crippen LogP contribution in [-0.4, -0.2) is 23.3 Å². The summed E-state index contributed by atoms with van der Waals surface area (Å²) in [5.74, 6) is -0.777. The molecular formula is C9H16O3. The van der Waals surface area contributed by atoms with Crippen LogP contribution in [0, 0.1) is 0 Å². The van der Waals surface area contributed by atoms with Gasteiger partial charge in [0.05, 0.1) is 18.6 Å². The molecule has 0 radical (unpaired) electrons. The minimum absolute atomic E-state index is 0.122. The molecule has 1 fully saturated rings. The molecule has 0 spiro atoms. The molecule has 0 aromatic rings. The summed E-state index contributed by atoms with van der Waals surface area (Å²) in [6.45, 7) is 1.83. The molecule has 1 N–H and O–H groups in total. The summed E-state index contributed by atoms with van der Waals surface area (Å²) in [7, 11) is 0. The van der Waals surface area contributed by atoms with E-state index in [0.29, 0.717) is 6.10 Å². The average Bonchev–Trinajstić information content (AvgIpc) is 2.37. The van der Waals surface area contributed by atoms with Gasteiger partial charge in [-0.2, -0.15) is 0 Å². The van der Waals surface area contributed by atoms with E-state index < -0.39 is 5.97 Å². The third kappa shape index (κ3) is 3.22. The molecule has 0 aromatic carbocycles. The number of carbonyl (C=O) groups is 1. The number of carboxylic acids is 1. The summed E-state index contributed by atoms with van der Waals surface area (Å²) < 4.78 is 5.54. The highest BCUT2D eigenvalue weighted by molar-refractivity contribution is 5.67. The van der Waals surface area contributed by atoms with Crippen LogP contribution in [0.5, 0.6) is 0 Å². The summed E-state index contributed by atoms with van der Waals surface area (Å²) in [6.07, 6.45) is 4.96. The number of rotatable bonds is 4. The summed E-state index contributed by atoms with van der Waals surface area (Å²) in [6, 6.07) is 0. The molecule has 70 valence electrons. The van der Waals surface area contributed by atoms with Crippen molar-refractivity contribution in [3.8, 4) is 0 Å². The van der Waals surface area contributed by atoms with Crippen LogP contribution in [0.1, 0.15) is 39.0 Å². The first kappa shape index (κ1) is 9.52. The Morgan fingerprint density at radius 1 is 1.58 bits per heavy atom. The fourth-order valence-electron chi connectivity index (χ4n) is 1.65. The van der Waals surface area contributed by atoms with E-state index in [-0.39, 0.29) is 12.5 Å². The van der Waals surface area contributed by atoms with Crippen molar-refractivity contribution in [3.63, 3.8) is 0 Å². The lowest BCUT2D eigenvalue weighted by Gasteiger charge is -2.16. The van der Waals surface area contributed by atoms with Crippen molar-refractivity contribution in [2.75, 3.05) is 0 Å². The van der Waals surface area contributed by atoms with Crippen molar-refractivity contribution in [2.24, 2.45) is 0 Å². The van der Waals surface area contributed by atoms with E-state index in [1.54, 1.807) is 0 Å². The quantitative estimate of drug-likeness (QED) is 0.703. The van der Waals surface area contributed by atoms with E-state index >= 15 is 0 Å². The lowest BCUT2D eigenvalue weighted by atomic mass is 10.2. The maximum Gasteiger partial charge on any atom is 0.305 e. The van der Waals surface area contributed by atoms with Gasteiger partial charge in [-0.1, -0.05) is 12.8 Å². The Morgan fingerprint density at radius 3 is 2.67 bits per heavy atom. The summed E-state index contributed by atoms with van der Waals surface area (Å²) in [4.78, 5) is 10.3. The van der Waals surface area contributed by atoms with Crippen LogP contribution in [0.2, 0.25) is 0 Å². The molecule has 0 aromatic heterocycles. The number of carboxylic acid groups (broad SMARTS) is 1. The van der Waals surface area contributed by atoms with Crippen LogP contribution in [0.25, 0.3) is 0 Å². The summed E-state index contributed by atoms with van der Waals surface area (Å²) in [5, 5.41) is 8.48. The normalized spacial score (nSPS) is 21.1. The lowest BCUT2D eigenvalue weighted by Crippen LogP contribution is -2.19. The summed E-state index contributed by atoms with van der Waals surface area (Å²) in [5.41, 5.74) is 0. The Kier molecular flexibility index (Phi) is 3.53. The number of hydrogen-bond acceptors (Lipinski definition) is 2. The van der Waals surface area contributed by atoms with Crippen molar-refractivity contribution < 1.29 is 14.6 Å². The first-order chi connectivity index (χ1) is 5.68. The van der Waals surface area contributed by atoms with Crippen LogP contribution in [0.4, 0.5) is 0 Å². The van der Waals surface area contributed by atoms with Crippen LogP contribution in [0.15, 0.2) is 0 Å². The minimum Gasteiger partial charge on any atom is -0.481 e. The van der Waals surface area contributed by atoms with Crippen LogP contribution in [0.3, 0.4) is 0 Å². The Hall–Kier alpha value is -0.570. The fourth-order valence-corrected chi connectivity index (χ4v) is 1.65. The van der Waals surface area contributed by atoms with Gasteiger partial charge < -0.3 is 9.84 Å². The van der Waals surface area contributed by atoms with Gasteiger partial charge in [0.15, 0.2) is 0 Å². The van der Waals surface area contributed by atoms with Gasteiger partial charge >= 0.3 is 5.97 Å². The average molecular weight is 172 g/mol. The van der Waals surface area contributed by atoms with E-state index in [2.05, 4.69) is 0 Å². The van der Waals surface area contributed by atoms with Crippen molar-refractivity contribution in [2.45, 2.75) is 51.2 Å². The van der Waals surface area contributed by atoms with Crippen molar-refractivity contribution in [3.05, 3.63) is 0 Å². The number of hydrogen-bond donors (Lipinski definition) is 1. The highest BCUT2D eigenvalue weighted by Crippen LogP contribution is 2.22. The van der Waals surface area contributed by atoms with Gasteiger partial charge in [-0.05, 0) is 19.8 Å². The second kappa shape index (κ2) is 4.45. The standard InChI is InChI=1S/C9H16O3/c1-7(6-9(10)11)12-8-4-2-3-5-8/h7-8H,2-6H2,1H3,(H,10,11). The Balaban J connectivity index is 2.16. The lowest BCUT2D eigenvalue weighted by molar-refractivity contribution is -0.140. The minimum atomic E-state index is -0.777. The van der Waals surface area contributed by atoms with E-state index in [4.69, 9.17) is 9.84 Å². The maximum atomic E-state index is 10.3. The van der Waals surface area contributed by atoms with Gasteiger partial charge in [-0.15, -0.1) is 0 Å². The zero-order valence-corrected chi connectivity index (χ0v) is 7.45. The second-order valence-electron chi connectivity index (χ2n) is 3.45. The predicted octanol–water partition coefficient (Wildman–Crippen LogP) is 1.81. The molecule has 1 saturated carbocycles. The topological polar surface area (TPSA) is 46.5 Å². The highest BCUT2D eigenvalue weighted by atomic mass is 16.5. The monoisotopic (exact) mass is 172 g/mol. The van der Waals surface area contributed by atoms with Gasteiger partial charge in [0.2, 0.25) is 0 Å². The van der Waals surface area contributed by atoms with Crippen LogP contribution >= 0.6 is 0 Å². The third-order valence-electron chi connectivity index (χ3n) is 2.19. The molecule has 1 aliphatic rings. The molecule has 0 amide bonds.